The highest BCUT2D eigenvalue weighted by atomic mass is 79.9. The Morgan fingerprint density at radius 3 is 2.53 bits per heavy atom. The van der Waals surface area contributed by atoms with Crippen molar-refractivity contribution >= 4 is 55.2 Å². The molecule has 6 rings (SSSR count). The Labute approximate surface area is 213 Å². The van der Waals surface area contributed by atoms with E-state index in [4.69, 9.17) is 17.3 Å². The molecule has 4 saturated carbocycles. The first-order valence-corrected chi connectivity index (χ1v) is 14.4. The van der Waals surface area contributed by atoms with Crippen LogP contribution in [0.1, 0.15) is 44.9 Å². The van der Waals surface area contributed by atoms with Crippen molar-refractivity contribution in [3.63, 3.8) is 0 Å². The number of carbonyl (C=O) groups excluding carboxylic acids is 2. The van der Waals surface area contributed by atoms with Crippen LogP contribution in [0.3, 0.4) is 0 Å². The molecule has 4 bridgehead atoms. The van der Waals surface area contributed by atoms with Crippen molar-refractivity contribution < 1.29 is 18.0 Å². The van der Waals surface area contributed by atoms with Crippen molar-refractivity contribution in [3.8, 4) is 0 Å². The van der Waals surface area contributed by atoms with Crippen LogP contribution in [0.4, 0.5) is 5.69 Å². The molecule has 186 valence electrons. The van der Waals surface area contributed by atoms with Crippen molar-refractivity contribution in [3.05, 3.63) is 27.7 Å². The van der Waals surface area contributed by atoms with E-state index in [1.54, 1.807) is 18.2 Å². The molecule has 0 spiro atoms. The zero-order valence-corrected chi connectivity index (χ0v) is 22.0. The fraction of sp³-hybridized carbons (Fsp3) is 0.652. The highest BCUT2D eigenvalue weighted by molar-refractivity contribution is 9.10. The number of carbonyl (C=O) groups is 2. The summed E-state index contributed by atoms with van der Waals surface area (Å²) in [6.45, 7) is 0.401. The molecule has 1 aromatic carbocycles. The quantitative estimate of drug-likeness (QED) is 0.545. The van der Waals surface area contributed by atoms with Gasteiger partial charge < -0.3 is 11.1 Å². The number of halogens is 2. The van der Waals surface area contributed by atoms with Gasteiger partial charge in [-0.1, -0.05) is 27.5 Å². The van der Waals surface area contributed by atoms with E-state index in [1.807, 2.05) is 0 Å². The van der Waals surface area contributed by atoms with E-state index >= 15 is 0 Å². The van der Waals surface area contributed by atoms with Gasteiger partial charge in [-0.15, -0.1) is 0 Å². The van der Waals surface area contributed by atoms with E-state index in [0.29, 0.717) is 54.4 Å². The molecule has 1 heterocycles. The third-order valence-electron chi connectivity index (χ3n) is 8.15. The number of primary amides is 1. The highest BCUT2D eigenvalue weighted by Gasteiger charge is 2.56. The molecular weight excluding hydrogens is 544 g/mol. The standard InChI is InChI=1S/C23H30BrClN4O4S/c24-17-2-3-19(18(25)8-17)29-5-1-4-28(34(29,32)33)13-21(31)27-22-15-6-14-7-16(22)11-23(9-14,10-15)12-20(26)30/h2-3,8,14-16,22H,1,4-7,9-13H2,(H2,26,30)(H,27,31). The van der Waals surface area contributed by atoms with E-state index in [0.717, 1.165) is 36.6 Å². The van der Waals surface area contributed by atoms with Crippen LogP contribution < -0.4 is 15.4 Å². The second-order valence-corrected chi connectivity index (χ2v) is 13.7. The fourth-order valence-corrected chi connectivity index (χ4v) is 9.77. The van der Waals surface area contributed by atoms with Crippen molar-refractivity contribution in [2.75, 3.05) is 23.9 Å². The second-order valence-electron chi connectivity index (χ2n) is 10.6. The summed E-state index contributed by atoms with van der Waals surface area (Å²) in [6, 6.07) is 5.12. The minimum Gasteiger partial charge on any atom is -0.370 e. The summed E-state index contributed by atoms with van der Waals surface area (Å²) in [6.07, 6.45) is 6.02. The summed E-state index contributed by atoms with van der Waals surface area (Å²) >= 11 is 9.67. The number of amides is 2. The molecule has 0 aromatic heterocycles. The Hall–Kier alpha value is -1.36. The first-order valence-electron chi connectivity index (χ1n) is 11.9. The molecule has 34 heavy (non-hydrogen) atoms. The van der Waals surface area contributed by atoms with Gasteiger partial charge in [0.25, 0.3) is 0 Å². The number of rotatable bonds is 6. The lowest BCUT2D eigenvalue weighted by Gasteiger charge is -2.60. The van der Waals surface area contributed by atoms with E-state index in [9.17, 15) is 18.0 Å². The van der Waals surface area contributed by atoms with E-state index in [1.165, 1.54) is 8.61 Å². The van der Waals surface area contributed by atoms with Crippen molar-refractivity contribution in [1.29, 1.82) is 0 Å². The minimum absolute atomic E-state index is 0.00970. The molecule has 2 unspecified atom stereocenters. The predicted octanol–water partition coefficient (Wildman–Crippen LogP) is 3.05. The smallest absolute Gasteiger partial charge is 0.304 e. The van der Waals surface area contributed by atoms with Gasteiger partial charge in [0.15, 0.2) is 0 Å². The summed E-state index contributed by atoms with van der Waals surface area (Å²) in [5.74, 6) is 0.731. The molecule has 1 saturated heterocycles. The maximum Gasteiger partial charge on any atom is 0.304 e. The third kappa shape index (κ3) is 4.47. The predicted molar refractivity (Wildman–Crippen MR) is 133 cm³/mol. The maximum absolute atomic E-state index is 13.3. The second kappa shape index (κ2) is 8.94. The molecule has 3 N–H and O–H groups in total. The molecule has 0 radical (unpaired) electrons. The van der Waals surface area contributed by atoms with Crippen LogP contribution in [-0.4, -0.2) is 50.2 Å². The molecule has 8 nitrogen and oxygen atoms in total. The van der Waals surface area contributed by atoms with Gasteiger partial charge in [-0.05, 0) is 79.9 Å². The van der Waals surface area contributed by atoms with Crippen LogP contribution in [0.5, 0.6) is 0 Å². The largest absolute Gasteiger partial charge is 0.370 e. The minimum atomic E-state index is -3.88. The molecule has 1 aliphatic heterocycles. The van der Waals surface area contributed by atoms with E-state index in [-0.39, 0.29) is 29.8 Å². The van der Waals surface area contributed by atoms with Crippen LogP contribution in [0.25, 0.3) is 0 Å². The molecule has 5 aliphatic rings. The Balaban J connectivity index is 1.26. The van der Waals surface area contributed by atoms with E-state index in [2.05, 4.69) is 21.2 Å². The Kier molecular flexibility index (Phi) is 6.40. The first kappa shape index (κ1) is 24.3. The number of anilines is 1. The summed E-state index contributed by atoms with van der Waals surface area (Å²) in [7, 11) is -3.88. The Bertz CT molecular complexity index is 1100. The molecule has 2 atom stereocenters. The number of nitrogens with zero attached hydrogens (tertiary/aromatic N) is 2. The average molecular weight is 574 g/mol. The number of nitrogens with one attached hydrogen (secondary N) is 1. The number of hydrogen-bond donors (Lipinski definition) is 2. The number of hydrogen-bond acceptors (Lipinski definition) is 4. The summed E-state index contributed by atoms with van der Waals surface area (Å²) < 4.78 is 29.9. The van der Waals surface area contributed by atoms with Crippen LogP contribution in [0.2, 0.25) is 5.02 Å². The Morgan fingerprint density at radius 2 is 1.88 bits per heavy atom. The molecular formula is C23H30BrClN4O4S. The van der Waals surface area contributed by atoms with Crippen LogP contribution in [0.15, 0.2) is 22.7 Å². The normalized spacial score (nSPS) is 34.2. The van der Waals surface area contributed by atoms with Crippen LogP contribution in [-0.2, 0) is 19.8 Å². The number of nitrogens with two attached hydrogens (primary N) is 1. The molecule has 1 aromatic rings. The molecule has 4 aliphatic carbocycles. The van der Waals surface area contributed by atoms with Gasteiger partial charge in [-0.2, -0.15) is 12.7 Å². The summed E-state index contributed by atoms with van der Waals surface area (Å²) in [5, 5.41) is 3.51. The van der Waals surface area contributed by atoms with Crippen LogP contribution in [0, 0.1) is 23.2 Å². The van der Waals surface area contributed by atoms with Crippen molar-refractivity contribution in [2.45, 2.75) is 51.0 Å². The van der Waals surface area contributed by atoms with Crippen molar-refractivity contribution in [2.24, 2.45) is 28.9 Å². The molecule has 5 fully saturated rings. The number of benzene rings is 1. The Morgan fingerprint density at radius 1 is 1.18 bits per heavy atom. The summed E-state index contributed by atoms with van der Waals surface area (Å²) in [4.78, 5) is 24.7. The zero-order valence-electron chi connectivity index (χ0n) is 18.9. The fourth-order valence-electron chi connectivity index (χ4n) is 7.26. The zero-order chi connectivity index (χ0) is 24.3. The topological polar surface area (TPSA) is 113 Å². The van der Waals surface area contributed by atoms with Gasteiger partial charge in [0, 0.05) is 30.0 Å². The van der Waals surface area contributed by atoms with Gasteiger partial charge in [0.1, 0.15) is 0 Å². The van der Waals surface area contributed by atoms with Crippen LogP contribution >= 0.6 is 27.5 Å². The lowest BCUT2D eigenvalue weighted by molar-refractivity contribution is -0.134. The van der Waals surface area contributed by atoms with Gasteiger partial charge in [0.05, 0.1) is 17.3 Å². The van der Waals surface area contributed by atoms with Gasteiger partial charge in [-0.25, -0.2) is 0 Å². The van der Waals surface area contributed by atoms with Gasteiger partial charge in [-0.3, -0.25) is 13.9 Å². The monoisotopic (exact) mass is 572 g/mol. The van der Waals surface area contributed by atoms with E-state index < -0.39 is 10.2 Å². The molecule has 2 amide bonds. The first-order chi connectivity index (χ1) is 16.1. The van der Waals surface area contributed by atoms with Gasteiger partial charge in [0.2, 0.25) is 11.8 Å². The lowest BCUT2D eigenvalue weighted by Crippen LogP contribution is -2.61. The third-order valence-corrected chi connectivity index (χ3v) is 10.8. The highest BCUT2D eigenvalue weighted by Crippen LogP contribution is 2.61. The summed E-state index contributed by atoms with van der Waals surface area (Å²) in [5.41, 5.74) is 5.95. The molecule has 11 heteroatoms. The van der Waals surface area contributed by atoms with Crippen molar-refractivity contribution in [1.82, 2.24) is 9.62 Å². The average Bonchev–Trinajstić information content (AvgIpc) is 2.71. The SMILES string of the molecule is NC(=O)CC12CC3CC(C1)C(NC(=O)CN1CCCN(c4ccc(Br)cc4Cl)S1(=O)=O)C(C3)C2. The maximum atomic E-state index is 13.3. The lowest BCUT2D eigenvalue weighted by atomic mass is 9.47. The van der Waals surface area contributed by atoms with Gasteiger partial charge >= 0.3 is 10.2 Å².